The molecule has 1 unspecified atom stereocenters. The lowest BCUT2D eigenvalue weighted by molar-refractivity contribution is 0.746. The van der Waals surface area contributed by atoms with Crippen molar-refractivity contribution in [1.82, 2.24) is 10.2 Å². The van der Waals surface area contributed by atoms with Crippen molar-refractivity contribution in [3.05, 3.63) is 16.8 Å². The lowest BCUT2D eigenvalue weighted by atomic mass is 10.0. The Morgan fingerprint density at radius 1 is 1.40 bits per heavy atom. The molecule has 1 fully saturated rings. The fourth-order valence-electron chi connectivity index (χ4n) is 2.68. The summed E-state index contributed by atoms with van der Waals surface area (Å²) in [5.41, 5.74) is 8.67. The molecule has 1 aliphatic heterocycles. The predicted octanol–water partition coefficient (Wildman–Crippen LogP) is 1.83. The van der Waals surface area contributed by atoms with Crippen LogP contribution in [0.1, 0.15) is 37.6 Å². The molecular weight excluding hydrogens is 270 g/mol. The van der Waals surface area contributed by atoms with Crippen molar-refractivity contribution in [3.63, 3.8) is 0 Å². The van der Waals surface area contributed by atoms with Gasteiger partial charge in [0.1, 0.15) is 5.84 Å². The topological polar surface area (TPSA) is 78.9 Å². The van der Waals surface area contributed by atoms with E-state index in [4.69, 9.17) is 11.1 Å². The third-order valence-electron chi connectivity index (χ3n) is 3.64. The maximum absolute atomic E-state index is 7.94. The van der Waals surface area contributed by atoms with E-state index in [1.54, 1.807) is 0 Å². The number of nitrogens with two attached hydrogens (primary N) is 1. The average molecular weight is 293 g/mol. The zero-order valence-electron chi connectivity index (χ0n) is 12.4. The Morgan fingerprint density at radius 2 is 2.15 bits per heavy atom. The SMILES string of the molecule is CCc1nnc(N2CCSC(C)C2)c(C(=N)N)c1CC. The fraction of sp³-hybridized carbons (Fsp3) is 0.643. The van der Waals surface area contributed by atoms with E-state index in [9.17, 15) is 0 Å². The fourth-order valence-corrected chi connectivity index (χ4v) is 3.69. The number of nitrogen functional groups attached to an aromatic ring is 1. The molecule has 1 aromatic heterocycles. The third-order valence-corrected chi connectivity index (χ3v) is 4.77. The van der Waals surface area contributed by atoms with Crippen molar-refractivity contribution >= 4 is 23.4 Å². The second-order valence-corrected chi connectivity index (χ2v) is 6.62. The van der Waals surface area contributed by atoms with Crippen LogP contribution < -0.4 is 10.6 Å². The van der Waals surface area contributed by atoms with Crippen LogP contribution in [0.4, 0.5) is 5.82 Å². The molecule has 2 rings (SSSR count). The van der Waals surface area contributed by atoms with Crippen LogP contribution in [0.15, 0.2) is 0 Å². The summed E-state index contributed by atoms with van der Waals surface area (Å²) in [7, 11) is 0. The molecule has 1 saturated heterocycles. The van der Waals surface area contributed by atoms with E-state index in [0.717, 1.165) is 54.3 Å². The molecule has 1 aliphatic rings. The molecule has 0 aliphatic carbocycles. The number of nitrogens with zero attached hydrogens (tertiary/aromatic N) is 3. The number of rotatable bonds is 4. The van der Waals surface area contributed by atoms with E-state index in [1.807, 2.05) is 11.8 Å². The maximum Gasteiger partial charge on any atom is 0.162 e. The minimum Gasteiger partial charge on any atom is -0.384 e. The molecule has 0 radical (unpaired) electrons. The normalized spacial score (nSPS) is 19.1. The number of hydrogen-bond donors (Lipinski definition) is 2. The summed E-state index contributed by atoms with van der Waals surface area (Å²) in [6.07, 6.45) is 1.65. The summed E-state index contributed by atoms with van der Waals surface area (Å²) in [6.45, 7) is 8.25. The van der Waals surface area contributed by atoms with Crippen LogP contribution >= 0.6 is 11.8 Å². The Balaban J connectivity index is 2.49. The Morgan fingerprint density at radius 3 is 2.70 bits per heavy atom. The summed E-state index contributed by atoms with van der Waals surface area (Å²) >= 11 is 1.97. The van der Waals surface area contributed by atoms with Crippen molar-refractivity contribution in [2.24, 2.45) is 5.73 Å². The van der Waals surface area contributed by atoms with E-state index >= 15 is 0 Å². The standard InChI is InChI=1S/C14H23N5S/c1-4-10-11(5-2)17-18-14(12(10)13(15)16)19-6-7-20-9(3)8-19/h9H,4-8H2,1-3H3,(H3,15,16). The van der Waals surface area contributed by atoms with Gasteiger partial charge >= 0.3 is 0 Å². The number of nitrogens with one attached hydrogen (secondary N) is 1. The molecule has 6 heteroatoms. The van der Waals surface area contributed by atoms with Crippen molar-refractivity contribution in [2.75, 3.05) is 23.7 Å². The van der Waals surface area contributed by atoms with Crippen LogP contribution in [-0.4, -0.2) is 40.1 Å². The maximum atomic E-state index is 7.94. The minimum absolute atomic E-state index is 0.104. The Bertz CT molecular complexity index is 503. The van der Waals surface area contributed by atoms with Gasteiger partial charge in [-0.05, 0) is 18.4 Å². The zero-order valence-corrected chi connectivity index (χ0v) is 13.3. The Labute approximate surface area is 124 Å². The van der Waals surface area contributed by atoms with Crippen molar-refractivity contribution in [3.8, 4) is 0 Å². The van der Waals surface area contributed by atoms with Gasteiger partial charge < -0.3 is 10.6 Å². The molecule has 5 nitrogen and oxygen atoms in total. The molecule has 3 N–H and O–H groups in total. The number of aryl methyl sites for hydroxylation is 1. The first-order valence-electron chi connectivity index (χ1n) is 7.17. The second kappa shape index (κ2) is 6.43. The smallest absolute Gasteiger partial charge is 0.162 e. The molecule has 0 amide bonds. The van der Waals surface area contributed by atoms with Gasteiger partial charge in [0.15, 0.2) is 5.82 Å². The van der Waals surface area contributed by atoms with Crippen molar-refractivity contribution < 1.29 is 0 Å². The van der Waals surface area contributed by atoms with Gasteiger partial charge in [-0.25, -0.2) is 0 Å². The van der Waals surface area contributed by atoms with E-state index in [2.05, 4.69) is 35.9 Å². The molecule has 1 aromatic rings. The van der Waals surface area contributed by atoms with Crippen LogP contribution in [0.5, 0.6) is 0 Å². The number of thioether (sulfide) groups is 1. The number of aromatic nitrogens is 2. The van der Waals surface area contributed by atoms with Gasteiger partial charge in [0.25, 0.3) is 0 Å². The van der Waals surface area contributed by atoms with Gasteiger partial charge in [-0.3, -0.25) is 5.41 Å². The first kappa shape index (κ1) is 15.1. The molecule has 0 saturated carbocycles. The summed E-state index contributed by atoms with van der Waals surface area (Å²) in [5, 5.41) is 17.3. The number of hydrogen-bond acceptors (Lipinski definition) is 5. The largest absolute Gasteiger partial charge is 0.384 e. The molecule has 2 heterocycles. The Kier molecular flexibility index (Phi) is 4.86. The lowest BCUT2D eigenvalue weighted by Gasteiger charge is -2.33. The molecule has 20 heavy (non-hydrogen) atoms. The van der Waals surface area contributed by atoms with Crippen molar-refractivity contribution in [1.29, 1.82) is 5.41 Å². The first-order valence-corrected chi connectivity index (χ1v) is 8.22. The highest BCUT2D eigenvalue weighted by Crippen LogP contribution is 2.27. The van der Waals surface area contributed by atoms with Gasteiger partial charge in [-0.1, -0.05) is 20.8 Å². The van der Waals surface area contributed by atoms with Gasteiger partial charge in [0.05, 0.1) is 11.3 Å². The summed E-state index contributed by atoms with van der Waals surface area (Å²) < 4.78 is 0. The molecule has 0 bridgehead atoms. The summed E-state index contributed by atoms with van der Waals surface area (Å²) in [5.74, 6) is 1.98. The molecular formula is C14H23N5S. The third kappa shape index (κ3) is 2.90. The predicted molar refractivity (Wildman–Crippen MR) is 85.9 cm³/mol. The number of amidine groups is 1. The summed E-state index contributed by atoms with van der Waals surface area (Å²) in [4.78, 5) is 2.23. The minimum atomic E-state index is 0.104. The van der Waals surface area contributed by atoms with E-state index in [-0.39, 0.29) is 5.84 Å². The van der Waals surface area contributed by atoms with Crippen LogP contribution in [0.2, 0.25) is 0 Å². The van der Waals surface area contributed by atoms with Crippen LogP contribution in [0.25, 0.3) is 0 Å². The van der Waals surface area contributed by atoms with Gasteiger partial charge in [-0.15, -0.1) is 5.10 Å². The molecule has 110 valence electrons. The lowest BCUT2D eigenvalue weighted by Crippen LogP contribution is -2.39. The van der Waals surface area contributed by atoms with Gasteiger partial charge in [0.2, 0.25) is 0 Å². The highest BCUT2D eigenvalue weighted by Gasteiger charge is 2.24. The average Bonchev–Trinajstić information content (AvgIpc) is 2.45. The monoisotopic (exact) mass is 293 g/mol. The van der Waals surface area contributed by atoms with Gasteiger partial charge in [0, 0.05) is 24.1 Å². The first-order chi connectivity index (χ1) is 9.58. The van der Waals surface area contributed by atoms with E-state index in [0.29, 0.717) is 5.25 Å². The quantitative estimate of drug-likeness (QED) is 0.654. The van der Waals surface area contributed by atoms with E-state index in [1.165, 1.54) is 0 Å². The second-order valence-electron chi connectivity index (χ2n) is 5.07. The molecule has 1 atom stereocenters. The molecule has 0 spiro atoms. The highest BCUT2D eigenvalue weighted by atomic mass is 32.2. The van der Waals surface area contributed by atoms with Gasteiger partial charge in [-0.2, -0.15) is 16.9 Å². The highest BCUT2D eigenvalue weighted by molar-refractivity contribution is 8.00. The van der Waals surface area contributed by atoms with Crippen molar-refractivity contribution in [2.45, 2.75) is 38.9 Å². The number of anilines is 1. The molecule has 0 aromatic carbocycles. The zero-order chi connectivity index (χ0) is 14.7. The van der Waals surface area contributed by atoms with E-state index < -0.39 is 0 Å². The Hall–Kier alpha value is -1.30. The van der Waals surface area contributed by atoms with Crippen LogP contribution in [0, 0.1) is 5.41 Å². The van der Waals surface area contributed by atoms with Crippen LogP contribution in [0.3, 0.4) is 0 Å². The summed E-state index contributed by atoms with van der Waals surface area (Å²) in [6, 6.07) is 0. The van der Waals surface area contributed by atoms with Crippen LogP contribution in [-0.2, 0) is 12.8 Å².